The fourth-order valence-corrected chi connectivity index (χ4v) is 1.51. The Bertz CT molecular complexity index is 584. The molecule has 2 aromatic rings. The maximum atomic E-state index is 13.5. The Morgan fingerprint density at radius 1 is 1.33 bits per heavy atom. The van der Waals surface area contributed by atoms with Crippen LogP contribution < -0.4 is 10.5 Å². The van der Waals surface area contributed by atoms with Gasteiger partial charge in [0.2, 0.25) is 5.88 Å². The Morgan fingerprint density at radius 3 is 2.72 bits per heavy atom. The molecular weight excluding hydrogens is 251 g/mol. The van der Waals surface area contributed by atoms with Gasteiger partial charge in [-0.25, -0.2) is 9.37 Å². The van der Waals surface area contributed by atoms with E-state index in [-0.39, 0.29) is 10.7 Å². The van der Waals surface area contributed by atoms with Crippen molar-refractivity contribution < 1.29 is 9.13 Å². The highest BCUT2D eigenvalue weighted by Gasteiger charge is 2.06. The number of nitrogens with two attached hydrogens (primary N) is 1. The minimum atomic E-state index is -0.430. The van der Waals surface area contributed by atoms with Gasteiger partial charge in [-0.1, -0.05) is 18.3 Å². The van der Waals surface area contributed by atoms with Crippen LogP contribution in [0.1, 0.15) is 11.1 Å². The second kappa shape index (κ2) is 5.10. The number of hydrogen-bond acceptors (Lipinski definition) is 3. The fourth-order valence-electron chi connectivity index (χ4n) is 1.39. The van der Waals surface area contributed by atoms with Crippen molar-refractivity contribution in [1.82, 2.24) is 4.98 Å². The Balaban J connectivity index is 2.23. The van der Waals surface area contributed by atoms with E-state index in [1.54, 1.807) is 24.3 Å². The maximum Gasteiger partial charge on any atom is 0.219 e. The zero-order valence-corrected chi connectivity index (χ0v) is 10.5. The van der Waals surface area contributed by atoms with E-state index < -0.39 is 5.82 Å². The summed E-state index contributed by atoms with van der Waals surface area (Å²) in [5.41, 5.74) is 7.00. The third kappa shape index (κ3) is 2.81. The highest BCUT2D eigenvalue weighted by Crippen LogP contribution is 2.23. The number of aromatic nitrogens is 1. The van der Waals surface area contributed by atoms with E-state index in [0.717, 1.165) is 5.56 Å². The van der Waals surface area contributed by atoms with Gasteiger partial charge in [-0.3, -0.25) is 0 Å². The molecule has 5 heteroatoms. The lowest BCUT2D eigenvalue weighted by atomic mass is 10.2. The zero-order valence-electron chi connectivity index (χ0n) is 9.68. The first-order valence-electron chi connectivity index (χ1n) is 5.26. The van der Waals surface area contributed by atoms with E-state index in [4.69, 9.17) is 22.7 Å². The van der Waals surface area contributed by atoms with Gasteiger partial charge in [0.15, 0.2) is 11.6 Å². The summed E-state index contributed by atoms with van der Waals surface area (Å²) < 4.78 is 18.8. The lowest BCUT2D eigenvalue weighted by molar-refractivity contribution is 0.427. The molecule has 1 aromatic carbocycles. The molecule has 1 heterocycles. The number of benzene rings is 1. The molecule has 0 bridgehead atoms. The predicted octanol–water partition coefficient (Wildman–Crippen LogP) is 2.96. The second-order valence-electron chi connectivity index (χ2n) is 3.79. The summed E-state index contributed by atoms with van der Waals surface area (Å²) in [4.78, 5) is 4.27. The van der Waals surface area contributed by atoms with Gasteiger partial charge >= 0.3 is 0 Å². The summed E-state index contributed by atoms with van der Waals surface area (Å²) in [7, 11) is 0. The maximum absolute atomic E-state index is 13.5. The minimum absolute atomic E-state index is 0.144. The topological polar surface area (TPSA) is 48.1 Å². The molecule has 0 saturated carbocycles. The van der Waals surface area contributed by atoms with E-state index in [0.29, 0.717) is 11.4 Å². The number of nitrogens with zero attached hydrogens (tertiary/aromatic N) is 1. The van der Waals surface area contributed by atoms with Crippen molar-refractivity contribution in [2.45, 2.75) is 6.92 Å². The molecule has 0 saturated heterocycles. The molecule has 2 N–H and O–H groups in total. The first-order chi connectivity index (χ1) is 8.56. The molecule has 0 spiro atoms. The number of pyridine rings is 1. The van der Waals surface area contributed by atoms with Crippen LogP contribution in [0.2, 0.25) is 0 Å². The monoisotopic (exact) mass is 262 g/mol. The summed E-state index contributed by atoms with van der Waals surface area (Å²) >= 11 is 4.81. The largest absolute Gasteiger partial charge is 0.436 e. The van der Waals surface area contributed by atoms with Crippen LogP contribution in [0.3, 0.4) is 0 Å². The third-order valence-electron chi connectivity index (χ3n) is 2.32. The van der Waals surface area contributed by atoms with Crippen LogP contribution >= 0.6 is 12.2 Å². The van der Waals surface area contributed by atoms with E-state index in [1.165, 1.54) is 12.3 Å². The van der Waals surface area contributed by atoms with Crippen LogP contribution in [0.15, 0.2) is 36.5 Å². The highest BCUT2D eigenvalue weighted by molar-refractivity contribution is 7.80. The van der Waals surface area contributed by atoms with Gasteiger partial charge in [0.05, 0.1) is 0 Å². The summed E-state index contributed by atoms with van der Waals surface area (Å²) in [5, 5.41) is 0. The summed E-state index contributed by atoms with van der Waals surface area (Å²) in [6.45, 7) is 1.86. The molecule has 0 aliphatic rings. The van der Waals surface area contributed by atoms with Crippen molar-refractivity contribution in [3.63, 3.8) is 0 Å². The minimum Gasteiger partial charge on any atom is -0.436 e. The zero-order chi connectivity index (χ0) is 13.1. The lowest BCUT2D eigenvalue weighted by Gasteiger charge is -2.07. The Hall–Kier alpha value is -2.01. The standard InChI is InChI=1S/C13H11FN2OS/c1-8-2-4-10(14)11(6-8)17-12-5-3-9(7-16-12)13(15)18/h2-7H,1H3,(H2,15,18). The molecule has 0 aliphatic carbocycles. The molecule has 18 heavy (non-hydrogen) atoms. The van der Waals surface area contributed by atoms with Crippen molar-refractivity contribution in [1.29, 1.82) is 0 Å². The molecule has 0 aliphatic heterocycles. The SMILES string of the molecule is Cc1ccc(F)c(Oc2ccc(C(N)=S)cn2)c1. The molecule has 92 valence electrons. The van der Waals surface area contributed by atoms with Gasteiger partial charge in [0.1, 0.15) is 4.99 Å². The van der Waals surface area contributed by atoms with Crippen molar-refractivity contribution in [2.75, 3.05) is 0 Å². The summed E-state index contributed by atoms with van der Waals surface area (Å²) in [6.07, 6.45) is 1.49. The molecule has 0 amide bonds. The quantitative estimate of drug-likeness (QED) is 0.864. The lowest BCUT2D eigenvalue weighted by Crippen LogP contribution is -2.09. The molecular formula is C13H11FN2OS. The first-order valence-corrected chi connectivity index (χ1v) is 5.67. The van der Waals surface area contributed by atoms with Gasteiger partial charge in [-0.05, 0) is 30.7 Å². The van der Waals surface area contributed by atoms with E-state index in [2.05, 4.69) is 4.98 Å². The van der Waals surface area contributed by atoms with Crippen LogP contribution in [0, 0.1) is 12.7 Å². The molecule has 2 rings (SSSR count). The summed E-state index contributed by atoms with van der Waals surface area (Å²) in [6, 6.07) is 7.91. The van der Waals surface area contributed by atoms with Crippen molar-refractivity contribution in [3.8, 4) is 11.6 Å². The first kappa shape index (κ1) is 12.4. The molecule has 3 nitrogen and oxygen atoms in total. The van der Waals surface area contributed by atoms with Gasteiger partial charge in [0, 0.05) is 17.8 Å². The highest BCUT2D eigenvalue weighted by atomic mass is 32.1. The number of thiocarbonyl (C=S) groups is 1. The average Bonchev–Trinajstić information content (AvgIpc) is 2.34. The number of rotatable bonds is 3. The van der Waals surface area contributed by atoms with Crippen molar-refractivity contribution in [3.05, 3.63) is 53.5 Å². The summed E-state index contributed by atoms with van der Waals surface area (Å²) in [5.74, 6) is 0.00546. The molecule has 1 aromatic heterocycles. The number of hydrogen-bond donors (Lipinski definition) is 1. The van der Waals surface area contributed by atoms with Crippen molar-refractivity contribution in [2.24, 2.45) is 5.73 Å². The predicted molar refractivity (Wildman–Crippen MR) is 71.3 cm³/mol. The van der Waals surface area contributed by atoms with Crippen LogP contribution in [-0.2, 0) is 0 Å². The number of ether oxygens (including phenoxy) is 1. The van der Waals surface area contributed by atoms with Crippen LogP contribution in [0.25, 0.3) is 0 Å². The van der Waals surface area contributed by atoms with Gasteiger partial charge in [-0.2, -0.15) is 0 Å². The van der Waals surface area contributed by atoms with Crippen LogP contribution in [-0.4, -0.2) is 9.97 Å². The smallest absolute Gasteiger partial charge is 0.219 e. The third-order valence-corrected chi connectivity index (χ3v) is 2.56. The number of halogens is 1. The van der Waals surface area contributed by atoms with Gasteiger partial charge in [-0.15, -0.1) is 0 Å². The fraction of sp³-hybridized carbons (Fsp3) is 0.0769. The average molecular weight is 262 g/mol. The van der Waals surface area contributed by atoms with Gasteiger partial charge in [0.25, 0.3) is 0 Å². The van der Waals surface area contributed by atoms with Gasteiger partial charge < -0.3 is 10.5 Å². The van der Waals surface area contributed by atoms with Crippen molar-refractivity contribution >= 4 is 17.2 Å². The Kier molecular flexibility index (Phi) is 3.53. The van der Waals surface area contributed by atoms with E-state index in [1.807, 2.05) is 6.92 Å². The molecule has 0 unspecified atom stereocenters. The normalized spacial score (nSPS) is 10.1. The van der Waals surface area contributed by atoms with E-state index >= 15 is 0 Å². The Morgan fingerprint density at radius 2 is 2.11 bits per heavy atom. The van der Waals surface area contributed by atoms with Crippen LogP contribution in [0.5, 0.6) is 11.6 Å². The molecule has 0 atom stereocenters. The second-order valence-corrected chi connectivity index (χ2v) is 4.23. The molecule has 0 fully saturated rings. The Labute approximate surface area is 109 Å². The number of aryl methyl sites for hydroxylation is 1. The van der Waals surface area contributed by atoms with Crippen LogP contribution in [0.4, 0.5) is 4.39 Å². The van der Waals surface area contributed by atoms with E-state index in [9.17, 15) is 4.39 Å². The molecule has 0 radical (unpaired) electrons.